The summed E-state index contributed by atoms with van der Waals surface area (Å²) in [6, 6.07) is 0.222. The number of anilines is 1. The molecule has 0 aliphatic heterocycles. The smallest absolute Gasteiger partial charge is 0.272 e. The van der Waals surface area contributed by atoms with E-state index >= 15 is 0 Å². The Labute approximate surface area is 126 Å². The molecule has 1 aromatic rings. The van der Waals surface area contributed by atoms with Gasteiger partial charge in [-0.05, 0) is 24.7 Å². The number of hydrogen-bond acceptors (Lipinski definition) is 4. The predicted molar refractivity (Wildman–Crippen MR) is 84.0 cm³/mol. The number of aromatic nitrogens is 2. The molecule has 1 amide bonds. The topological polar surface area (TPSA) is 80.9 Å². The maximum Gasteiger partial charge on any atom is 0.272 e. The molecule has 5 nitrogen and oxygen atoms in total. The molecular formula is C16H26N4O. The molecule has 0 spiro atoms. The zero-order valence-electron chi connectivity index (χ0n) is 13.4. The van der Waals surface area contributed by atoms with Crippen LogP contribution in [0, 0.1) is 11.8 Å². The van der Waals surface area contributed by atoms with Crippen LogP contribution in [0.4, 0.5) is 5.69 Å². The molecule has 1 aliphatic carbocycles. The number of rotatable bonds is 4. The van der Waals surface area contributed by atoms with Crippen molar-refractivity contribution in [3.05, 3.63) is 17.7 Å². The summed E-state index contributed by atoms with van der Waals surface area (Å²) in [4.78, 5) is 21.0. The van der Waals surface area contributed by atoms with Gasteiger partial charge in [-0.3, -0.25) is 4.79 Å². The van der Waals surface area contributed by atoms with Crippen LogP contribution < -0.4 is 11.1 Å². The van der Waals surface area contributed by atoms with Crippen molar-refractivity contribution in [2.24, 2.45) is 11.8 Å². The van der Waals surface area contributed by atoms with Gasteiger partial charge in [0.2, 0.25) is 0 Å². The Bertz CT molecular complexity index is 515. The Balaban J connectivity index is 2.12. The van der Waals surface area contributed by atoms with Crippen molar-refractivity contribution in [2.45, 2.75) is 58.9 Å². The summed E-state index contributed by atoms with van der Waals surface area (Å²) in [6.45, 7) is 8.42. The molecule has 1 heterocycles. The van der Waals surface area contributed by atoms with E-state index in [0.717, 1.165) is 6.42 Å². The molecule has 0 radical (unpaired) electrons. The van der Waals surface area contributed by atoms with Gasteiger partial charge >= 0.3 is 0 Å². The third kappa shape index (κ3) is 3.34. The molecule has 0 bridgehead atoms. The molecule has 5 heteroatoms. The van der Waals surface area contributed by atoms with Gasteiger partial charge in [-0.15, -0.1) is 0 Å². The van der Waals surface area contributed by atoms with E-state index in [1.165, 1.54) is 19.0 Å². The zero-order valence-corrected chi connectivity index (χ0v) is 13.4. The fourth-order valence-corrected chi connectivity index (χ4v) is 3.13. The number of nitrogens with two attached hydrogens (primary N) is 1. The Morgan fingerprint density at radius 1 is 1.48 bits per heavy atom. The summed E-state index contributed by atoms with van der Waals surface area (Å²) < 4.78 is 0. The quantitative estimate of drug-likeness (QED) is 0.893. The highest BCUT2D eigenvalue weighted by Gasteiger charge is 2.33. The van der Waals surface area contributed by atoms with Gasteiger partial charge in [-0.25, -0.2) is 9.97 Å². The molecule has 3 atom stereocenters. The summed E-state index contributed by atoms with van der Waals surface area (Å²) in [7, 11) is 0. The van der Waals surface area contributed by atoms with E-state index in [1.54, 1.807) is 0 Å². The van der Waals surface area contributed by atoms with Crippen LogP contribution >= 0.6 is 0 Å². The summed E-state index contributed by atoms with van der Waals surface area (Å²) >= 11 is 0. The van der Waals surface area contributed by atoms with Crippen LogP contribution in [0.15, 0.2) is 6.20 Å². The van der Waals surface area contributed by atoms with Crippen molar-refractivity contribution in [1.82, 2.24) is 15.3 Å². The van der Waals surface area contributed by atoms with Crippen LogP contribution in [0.25, 0.3) is 0 Å². The first-order valence-corrected chi connectivity index (χ1v) is 7.87. The van der Waals surface area contributed by atoms with E-state index in [4.69, 9.17) is 5.73 Å². The van der Waals surface area contributed by atoms with E-state index in [-0.39, 0.29) is 17.9 Å². The van der Waals surface area contributed by atoms with Crippen LogP contribution in [0.2, 0.25) is 0 Å². The molecule has 1 fully saturated rings. The number of nitrogens with one attached hydrogen (secondary N) is 1. The summed E-state index contributed by atoms with van der Waals surface area (Å²) in [6.07, 6.45) is 4.91. The minimum atomic E-state index is -0.176. The first kappa shape index (κ1) is 15.7. The van der Waals surface area contributed by atoms with E-state index in [0.29, 0.717) is 29.0 Å². The van der Waals surface area contributed by atoms with Crippen molar-refractivity contribution < 1.29 is 4.79 Å². The Kier molecular flexibility index (Phi) is 4.80. The van der Waals surface area contributed by atoms with Gasteiger partial charge in [0.1, 0.15) is 5.82 Å². The lowest BCUT2D eigenvalue weighted by Crippen LogP contribution is -2.38. The van der Waals surface area contributed by atoms with Crippen LogP contribution in [-0.2, 0) is 0 Å². The molecule has 1 aromatic heterocycles. The minimum Gasteiger partial charge on any atom is -0.396 e. The second kappa shape index (κ2) is 6.41. The first-order valence-electron chi connectivity index (χ1n) is 7.87. The van der Waals surface area contributed by atoms with Crippen molar-refractivity contribution >= 4 is 11.6 Å². The fraction of sp³-hybridized carbons (Fsp3) is 0.688. The largest absolute Gasteiger partial charge is 0.396 e. The lowest BCUT2D eigenvalue weighted by Gasteiger charge is -2.21. The second-order valence-electron chi connectivity index (χ2n) is 6.37. The zero-order chi connectivity index (χ0) is 15.6. The van der Waals surface area contributed by atoms with Gasteiger partial charge in [0.05, 0.1) is 11.9 Å². The van der Waals surface area contributed by atoms with Gasteiger partial charge in [0.25, 0.3) is 5.91 Å². The molecule has 21 heavy (non-hydrogen) atoms. The summed E-state index contributed by atoms with van der Waals surface area (Å²) in [5.74, 6) is 1.86. The van der Waals surface area contributed by atoms with Crippen LogP contribution in [0.5, 0.6) is 0 Å². The van der Waals surface area contributed by atoms with Gasteiger partial charge in [-0.2, -0.15) is 0 Å². The van der Waals surface area contributed by atoms with Crippen LogP contribution in [0.3, 0.4) is 0 Å². The standard InChI is InChI=1S/C16H26N4O/c1-5-11-6-7-13(10(11)4)19-16(21)14-12(17)8-18-15(20-14)9(2)3/h8-11,13H,5-7,17H2,1-4H3,(H,19,21). The Morgan fingerprint density at radius 2 is 2.19 bits per heavy atom. The van der Waals surface area contributed by atoms with Gasteiger partial charge in [-0.1, -0.05) is 34.1 Å². The van der Waals surface area contributed by atoms with Gasteiger partial charge in [0, 0.05) is 12.0 Å². The maximum atomic E-state index is 12.5. The summed E-state index contributed by atoms with van der Waals surface area (Å²) in [5.41, 5.74) is 6.52. The number of nitrogen functional groups attached to an aromatic ring is 1. The average Bonchev–Trinajstić information content (AvgIpc) is 2.79. The molecular weight excluding hydrogens is 264 g/mol. The minimum absolute atomic E-state index is 0.173. The van der Waals surface area contributed by atoms with E-state index in [1.807, 2.05) is 13.8 Å². The lowest BCUT2D eigenvalue weighted by molar-refractivity contribution is 0.0922. The van der Waals surface area contributed by atoms with E-state index < -0.39 is 0 Å². The third-order valence-electron chi connectivity index (χ3n) is 4.63. The van der Waals surface area contributed by atoms with Crippen LogP contribution in [0.1, 0.15) is 69.2 Å². The average molecular weight is 290 g/mol. The molecule has 3 unspecified atom stereocenters. The fourth-order valence-electron chi connectivity index (χ4n) is 3.13. The Morgan fingerprint density at radius 3 is 2.76 bits per heavy atom. The molecule has 3 N–H and O–H groups in total. The third-order valence-corrected chi connectivity index (χ3v) is 4.63. The van der Waals surface area contributed by atoms with Crippen molar-refractivity contribution in [1.29, 1.82) is 0 Å². The number of hydrogen-bond donors (Lipinski definition) is 2. The molecule has 1 saturated carbocycles. The van der Waals surface area contributed by atoms with E-state index in [9.17, 15) is 4.79 Å². The van der Waals surface area contributed by atoms with Gasteiger partial charge in [0.15, 0.2) is 5.69 Å². The van der Waals surface area contributed by atoms with Gasteiger partial charge < -0.3 is 11.1 Å². The number of nitrogens with zero attached hydrogens (tertiary/aromatic N) is 2. The number of carbonyl (C=O) groups excluding carboxylic acids is 1. The SMILES string of the molecule is CCC1CCC(NC(=O)c2nc(C(C)C)ncc2N)C1C. The van der Waals surface area contributed by atoms with E-state index in [2.05, 4.69) is 29.1 Å². The molecule has 1 aliphatic rings. The highest BCUT2D eigenvalue weighted by molar-refractivity contribution is 5.97. The highest BCUT2D eigenvalue weighted by Crippen LogP contribution is 2.34. The molecule has 0 saturated heterocycles. The Hall–Kier alpha value is -1.65. The van der Waals surface area contributed by atoms with Crippen molar-refractivity contribution in [3.63, 3.8) is 0 Å². The number of amides is 1. The second-order valence-corrected chi connectivity index (χ2v) is 6.37. The maximum absolute atomic E-state index is 12.5. The normalized spacial score (nSPS) is 25.3. The first-order chi connectivity index (χ1) is 9.93. The monoisotopic (exact) mass is 290 g/mol. The molecule has 0 aromatic carbocycles. The van der Waals surface area contributed by atoms with Crippen molar-refractivity contribution in [2.75, 3.05) is 5.73 Å². The predicted octanol–water partition coefficient (Wildman–Crippen LogP) is 2.74. The van der Waals surface area contributed by atoms with Crippen LogP contribution in [-0.4, -0.2) is 21.9 Å². The molecule has 116 valence electrons. The lowest BCUT2D eigenvalue weighted by atomic mass is 9.93. The van der Waals surface area contributed by atoms with Crippen molar-refractivity contribution in [3.8, 4) is 0 Å². The number of carbonyl (C=O) groups is 1. The molecule has 2 rings (SSSR count). The highest BCUT2D eigenvalue weighted by atomic mass is 16.2. The summed E-state index contributed by atoms with van der Waals surface area (Å²) in [5, 5.41) is 3.11.